The highest BCUT2D eigenvalue weighted by atomic mass is 79.9. The van der Waals surface area contributed by atoms with Crippen LogP contribution >= 0.6 is 15.9 Å². The zero-order valence-corrected chi connectivity index (χ0v) is 10.9. The van der Waals surface area contributed by atoms with Gasteiger partial charge in [-0.15, -0.1) is 0 Å². The Morgan fingerprint density at radius 1 is 1.62 bits per heavy atom. The smallest absolute Gasteiger partial charge is 0.411 e. The quantitative estimate of drug-likeness (QED) is 0.906. The van der Waals surface area contributed by atoms with E-state index in [2.05, 4.69) is 21.2 Å². The number of halogens is 1. The summed E-state index contributed by atoms with van der Waals surface area (Å²) in [5, 5.41) is 2.44. The van der Waals surface area contributed by atoms with Gasteiger partial charge in [-0.1, -0.05) is 0 Å². The summed E-state index contributed by atoms with van der Waals surface area (Å²) < 4.78 is 6.86. The van der Waals surface area contributed by atoms with E-state index in [-0.39, 0.29) is 17.9 Å². The van der Waals surface area contributed by atoms with Gasteiger partial charge in [0.15, 0.2) is 0 Å². The zero-order chi connectivity index (χ0) is 12.3. The van der Waals surface area contributed by atoms with Crippen molar-refractivity contribution in [1.82, 2.24) is 4.57 Å². The Kier molecular flexibility index (Phi) is 4.12. The number of carbonyl (C=O) groups excluding carboxylic acids is 1. The minimum Gasteiger partial charge on any atom is -0.450 e. The molecule has 1 rings (SSSR count). The molecule has 1 N–H and O–H groups in total. The molecule has 16 heavy (non-hydrogen) atoms. The molecule has 0 aliphatic heterocycles. The lowest BCUT2D eigenvalue weighted by Crippen LogP contribution is -2.25. The summed E-state index contributed by atoms with van der Waals surface area (Å²) in [5.74, 6) is 0. The van der Waals surface area contributed by atoms with Gasteiger partial charge in [-0.2, -0.15) is 0 Å². The van der Waals surface area contributed by atoms with Crippen molar-refractivity contribution in [1.29, 1.82) is 0 Å². The van der Waals surface area contributed by atoms with Crippen molar-refractivity contribution in [3.05, 3.63) is 26.6 Å². The second kappa shape index (κ2) is 5.16. The fourth-order valence-corrected chi connectivity index (χ4v) is 1.70. The SMILES string of the molecule is CCOC(=O)Nc1c(C)c(Br)cn(C)c1=O. The highest BCUT2D eigenvalue weighted by Gasteiger charge is 2.12. The van der Waals surface area contributed by atoms with Gasteiger partial charge in [-0.05, 0) is 35.3 Å². The van der Waals surface area contributed by atoms with E-state index in [0.29, 0.717) is 5.56 Å². The number of nitrogens with zero attached hydrogens (tertiary/aromatic N) is 1. The molecule has 0 saturated carbocycles. The summed E-state index contributed by atoms with van der Waals surface area (Å²) in [7, 11) is 1.61. The van der Waals surface area contributed by atoms with Crippen molar-refractivity contribution in [2.24, 2.45) is 7.05 Å². The molecule has 0 fully saturated rings. The molecule has 0 spiro atoms. The van der Waals surface area contributed by atoms with E-state index in [4.69, 9.17) is 4.74 Å². The van der Waals surface area contributed by atoms with Gasteiger partial charge in [-0.3, -0.25) is 10.1 Å². The molecule has 0 aromatic carbocycles. The molecule has 0 bridgehead atoms. The Morgan fingerprint density at radius 3 is 2.81 bits per heavy atom. The van der Waals surface area contributed by atoms with E-state index < -0.39 is 6.09 Å². The maximum atomic E-state index is 11.8. The monoisotopic (exact) mass is 288 g/mol. The van der Waals surface area contributed by atoms with Crippen molar-refractivity contribution in [3.63, 3.8) is 0 Å². The summed E-state index contributed by atoms with van der Waals surface area (Å²) in [6, 6.07) is 0. The Bertz CT molecular complexity index is 468. The Morgan fingerprint density at radius 2 is 2.25 bits per heavy atom. The number of pyridine rings is 1. The van der Waals surface area contributed by atoms with E-state index in [1.54, 1.807) is 27.1 Å². The van der Waals surface area contributed by atoms with Crippen molar-refractivity contribution in [2.45, 2.75) is 13.8 Å². The van der Waals surface area contributed by atoms with Gasteiger partial charge < -0.3 is 9.30 Å². The highest BCUT2D eigenvalue weighted by Crippen LogP contribution is 2.19. The van der Waals surface area contributed by atoms with Gasteiger partial charge >= 0.3 is 6.09 Å². The third kappa shape index (κ3) is 2.63. The molecule has 0 aliphatic carbocycles. The molecule has 0 aliphatic rings. The number of rotatable bonds is 2. The van der Waals surface area contributed by atoms with Crippen LogP contribution in [0.5, 0.6) is 0 Å². The standard InChI is InChI=1S/C10H13BrN2O3/c1-4-16-10(15)12-8-6(2)7(11)5-13(3)9(8)14/h5H,4H2,1-3H3,(H,12,15). The Hall–Kier alpha value is -1.30. The van der Waals surface area contributed by atoms with Gasteiger partial charge in [0.2, 0.25) is 0 Å². The third-order valence-electron chi connectivity index (χ3n) is 2.08. The fourth-order valence-electron chi connectivity index (χ4n) is 1.20. The number of aromatic nitrogens is 1. The van der Waals surface area contributed by atoms with Crippen LogP contribution in [-0.4, -0.2) is 17.3 Å². The minimum atomic E-state index is -0.624. The predicted molar refractivity (Wildman–Crippen MR) is 64.8 cm³/mol. The molecule has 1 amide bonds. The van der Waals surface area contributed by atoms with Gasteiger partial charge in [0, 0.05) is 17.7 Å². The van der Waals surface area contributed by atoms with Crippen LogP contribution in [0, 0.1) is 6.92 Å². The minimum absolute atomic E-state index is 0.232. The number of ether oxygens (including phenoxy) is 1. The second-order valence-electron chi connectivity index (χ2n) is 3.24. The van der Waals surface area contributed by atoms with E-state index in [0.717, 1.165) is 4.47 Å². The molecule has 1 aromatic rings. The molecule has 0 atom stereocenters. The summed E-state index contributed by atoms with van der Waals surface area (Å²) in [6.45, 7) is 3.71. The topological polar surface area (TPSA) is 60.3 Å². The number of carbonyl (C=O) groups is 1. The first-order chi connectivity index (χ1) is 7.47. The largest absolute Gasteiger partial charge is 0.450 e. The number of amides is 1. The van der Waals surface area contributed by atoms with E-state index in [1.165, 1.54) is 4.57 Å². The predicted octanol–water partition coefficient (Wildman–Crippen LogP) is 2.02. The Labute approximate surface area is 102 Å². The molecule has 5 nitrogen and oxygen atoms in total. The van der Waals surface area contributed by atoms with E-state index in [1.807, 2.05) is 0 Å². The van der Waals surface area contributed by atoms with E-state index in [9.17, 15) is 9.59 Å². The molecule has 88 valence electrons. The maximum absolute atomic E-state index is 11.8. The average Bonchev–Trinajstić information content (AvgIpc) is 2.22. The van der Waals surface area contributed by atoms with Crippen molar-refractivity contribution < 1.29 is 9.53 Å². The van der Waals surface area contributed by atoms with Gasteiger partial charge in [-0.25, -0.2) is 4.79 Å². The lowest BCUT2D eigenvalue weighted by atomic mass is 10.2. The molecule has 1 aromatic heterocycles. The molecule has 1 heterocycles. The summed E-state index contributed by atoms with van der Waals surface area (Å²) in [4.78, 5) is 23.0. The van der Waals surface area contributed by atoms with Crippen LogP contribution < -0.4 is 10.9 Å². The number of anilines is 1. The first-order valence-electron chi connectivity index (χ1n) is 4.76. The average molecular weight is 289 g/mol. The van der Waals surface area contributed by atoms with Gasteiger partial charge in [0.05, 0.1) is 6.61 Å². The van der Waals surface area contributed by atoms with E-state index >= 15 is 0 Å². The normalized spacial score (nSPS) is 10.0. The number of hydrogen-bond donors (Lipinski definition) is 1. The fraction of sp³-hybridized carbons (Fsp3) is 0.400. The Balaban J connectivity index is 3.13. The van der Waals surface area contributed by atoms with Gasteiger partial charge in [0.25, 0.3) is 5.56 Å². The summed E-state index contributed by atoms with van der Waals surface area (Å²) in [5.41, 5.74) is 0.639. The van der Waals surface area contributed by atoms with Crippen LogP contribution in [0.2, 0.25) is 0 Å². The van der Waals surface area contributed by atoms with Gasteiger partial charge in [0.1, 0.15) is 5.69 Å². The first kappa shape index (κ1) is 12.8. The summed E-state index contributed by atoms with van der Waals surface area (Å²) in [6.07, 6.45) is 1.02. The first-order valence-corrected chi connectivity index (χ1v) is 5.56. The molecule has 0 saturated heterocycles. The lowest BCUT2D eigenvalue weighted by molar-refractivity contribution is 0.168. The highest BCUT2D eigenvalue weighted by molar-refractivity contribution is 9.10. The number of aryl methyl sites for hydroxylation is 1. The van der Waals surface area contributed by atoms with Crippen LogP contribution in [0.4, 0.5) is 10.5 Å². The maximum Gasteiger partial charge on any atom is 0.411 e. The lowest BCUT2D eigenvalue weighted by Gasteiger charge is -2.10. The molecular formula is C10H13BrN2O3. The second-order valence-corrected chi connectivity index (χ2v) is 4.09. The number of nitrogens with one attached hydrogen (secondary N) is 1. The third-order valence-corrected chi connectivity index (χ3v) is 2.88. The number of hydrogen-bond acceptors (Lipinski definition) is 3. The molecule has 0 unspecified atom stereocenters. The van der Waals surface area contributed by atoms with Crippen LogP contribution in [0.1, 0.15) is 12.5 Å². The van der Waals surface area contributed by atoms with Crippen LogP contribution in [0.3, 0.4) is 0 Å². The zero-order valence-electron chi connectivity index (χ0n) is 9.33. The van der Waals surface area contributed by atoms with Crippen molar-refractivity contribution in [2.75, 3.05) is 11.9 Å². The van der Waals surface area contributed by atoms with Crippen molar-refractivity contribution in [3.8, 4) is 0 Å². The molecule has 0 radical (unpaired) electrons. The molecular weight excluding hydrogens is 276 g/mol. The molecule has 6 heteroatoms. The van der Waals surface area contributed by atoms with Crippen molar-refractivity contribution >= 4 is 27.7 Å². The van der Waals surface area contributed by atoms with Crippen LogP contribution in [0.15, 0.2) is 15.5 Å². The van der Waals surface area contributed by atoms with Crippen LogP contribution in [-0.2, 0) is 11.8 Å². The van der Waals surface area contributed by atoms with Crippen LogP contribution in [0.25, 0.3) is 0 Å². The summed E-state index contributed by atoms with van der Waals surface area (Å²) >= 11 is 3.31.